The summed E-state index contributed by atoms with van der Waals surface area (Å²) in [5.41, 5.74) is 2.44. The minimum absolute atomic E-state index is 0.0362. The Balaban J connectivity index is 1.37. The van der Waals surface area contributed by atoms with Crippen LogP contribution in [-0.4, -0.2) is 39.1 Å². The highest BCUT2D eigenvalue weighted by molar-refractivity contribution is 5.80. The molecule has 0 radical (unpaired) electrons. The fraction of sp³-hybridized carbons (Fsp3) is 0.500. The molecule has 0 aromatic carbocycles. The van der Waals surface area contributed by atoms with E-state index in [4.69, 9.17) is 4.42 Å². The van der Waals surface area contributed by atoms with Crippen molar-refractivity contribution in [2.45, 2.75) is 31.6 Å². The number of amides is 1. The third-order valence-corrected chi connectivity index (χ3v) is 4.90. The quantitative estimate of drug-likeness (QED) is 0.888. The smallest absolute Gasteiger partial charge is 0.392 e. The first-order chi connectivity index (χ1) is 11.2. The van der Waals surface area contributed by atoms with E-state index in [1.165, 1.54) is 11.1 Å². The van der Waals surface area contributed by atoms with E-state index in [9.17, 15) is 9.59 Å². The summed E-state index contributed by atoms with van der Waals surface area (Å²) in [7, 11) is 0. The Morgan fingerprint density at radius 2 is 2.04 bits per heavy atom. The van der Waals surface area contributed by atoms with Crippen LogP contribution in [0, 0.1) is 5.92 Å². The van der Waals surface area contributed by atoms with Gasteiger partial charge in [0.25, 0.3) is 0 Å². The van der Waals surface area contributed by atoms with Gasteiger partial charge in [-0.05, 0) is 42.9 Å². The van der Waals surface area contributed by atoms with Crippen LogP contribution in [0.3, 0.4) is 0 Å². The molecule has 3 heterocycles. The summed E-state index contributed by atoms with van der Waals surface area (Å²) in [5, 5.41) is 6.20. The molecule has 0 saturated carbocycles. The van der Waals surface area contributed by atoms with Crippen molar-refractivity contribution in [1.82, 2.24) is 20.1 Å². The van der Waals surface area contributed by atoms with Crippen molar-refractivity contribution < 1.29 is 9.21 Å². The minimum Gasteiger partial charge on any atom is -0.392 e. The largest absolute Gasteiger partial charge is 0.434 e. The molecule has 1 atom stereocenters. The van der Waals surface area contributed by atoms with Gasteiger partial charge < -0.3 is 9.32 Å². The van der Waals surface area contributed by atoms with E-state index in [2.05, 4.69) is 15.2 Å². The Morgan fingerprint density at radius 3 is 2.74 bits per heavy atom. The molecule has 1 amide bonds. The SMILES string of the molecule is O=C(C1Cc2ccncc2C1)N1CCC(c2n[nH]c(=O)o2)CC1. The van der Waals surface area contributed by atoms with Gasteiger partial charge in [-0.3, -0.25) is 9.78 Å². The van der Waals surface area contributed by atoms with E-state index < -0.39 is 5.76 Å². The molecule has 1 unspecified atom stereocenters. The Labute approximate surface area is 132 Å². The number of hydrogen-bond donors (Lipinski definition) is 1. The van der Waals surface area contributed by atoms with E-state index in [0.29, 0.717) is 19.0 Å². The molecule has 1 aliphatic heterocycles. The highest BCUT2D eigenvalue weighted by Gasteiger charge is 2.33. The molecule has 2 aromatic heterocycles. The van der Waals surface area contributed by atoms with Crippen LogP contribution in [-0.2, 0) is 17.6 Å². The lowest BCUT2D eigenvalue weighted by atomic mass is 9.95. The predicted octanol–water partition coefficient (Wildman–Crippen LogP) is 0.879. The lowest BCUT2D eigenvalue weighted by Crippen LogP contribution is -2.41. The fourth-order valence-electron chi connectivity index (χ4n) is 3.64. The number of carbonyl (C=O) groups excluding carboxylic acids is 1. The lowest BCUT2D eigenvalue weighted by Gasteiger charge is -2.32. The van der Waals surface area contributed by atoms with Crippen LogP contribution in [0.2, 0.25) is 0 Å². The van der Waals surface area contributed by atoms with Crippen LogP contribution in [0.25, 0.3) is 0 Å². The molecule has 7 nitrogen and oxygen atoms in total. The number of rotatable bonds is 2. The van der Waals surface area contributed by atoms with Gasteiger partial charge in [0.1, 0.15) is 0 Å². The monoisotopic (exact) mass is 314 g/mol. The number of nitrogens with one attached hydrogen (secondary N) is 1. The molecular weight excluding hydrogens is 296 g/mol. The standard InChI is InChI=1S/C16H18N4O3/c21-15(12-7-11-1-4-17-9-13(11)8-12)20-5-2-10(3-6-20)14-18-19-16(22)23-14/h1,4,9-10,12H,2-3,5-8H2,(H,19,22). The molecule has 1 aliphatic carbocycles. The number of likely N-dealkylation sites (tertiary alicyclic amines) is 1. The summed E-state index contributed by atoms with van der Waals surface area (Å²) in [6.45, 7) is 1.37. The number of piperidine rings is 1. The Hall–Kier alpha value is -2.44. The number of nitrogens with zero attached hydrogens (tertiary/aromatic N) is 3. The van der Waals surface area contributed by atoms with Crippen LogP contribution in [0.1, 0.15) is 35.8 Å². The summed E-state index contributed by atoms with van der Waals surface area (Å²) >= 11 is 0. The molecule has 2 aromatic rings. The third-order valence-electron chi connectivity index (χ3n) is 4.90. The highest BCUT2D eigenvalue weighted by Crippen LogP contribution is 2.30. The summed E-state index contributed by atoms with van der Waals surface area (Å²) < 4.78 is 5.03. The number of carbonyl (C=O) groups is 1. The molecule has 23 heavy (non-hydrogen) atoms. The van der Waals surface area contributed by atoms with Crippen LogP contribution in [0.15, 0.2) is 27.7 Å². The molecule has 7 heteroatoms. The van der Waals surface area contributed by atoms with Crippen molar-refractivity contribution in [2.75, 3.05) is 13.1 Å². The van der Waals surface area contributed by atoms with Gasteiger partial charge in [-0.15, -0.1) is 5.10 Å². The number of aromatic nitrogens is 3. The highest BCUT2D eigenvalue weighted by atomic mass is 16.4. The second-order valence-corrected chi connectivity index (χ2v) is 6.30. The number of pyridine rings is 1. The van der Waals surface area contributed by atoms with Crippen molar-refractivity contribution in [3.8, 4) is 0 Å². The molecule has 2 aliphatic rings. The van der Waals surface area contributed by atoms with Gasteiger partial charge in [0.15, 0.2) is 0 Å². The molecule has 0 bridgehead atoms. The predicted molar refractivity (Wildman–Crippen MR) is 80.8 cm³/mol. The zero-order valence-corrected chi connectivity index (χ0v) is 12.7. The molecular formula is C16H18N4O3. The fourth-order valence-corrected chi connectivity index (χ4v) is 3.64. The van der Waals surface area contributed by atoms with Crippen molar-refractivity contribution in [1.29, 1.82) is 0 Å². The Kier molecular flexibility index (Phi) is 3.48. The molecule has 4 rings (SSSR count). The maximum absolute atomic E-state index is 12.7. The molecule has 1 N–H and O–H groups in total. The van der Waals surface area contributed by atoms with Crippen LogP contribution < -0.4 is 5.76 Å². The van der Waals surface area contributed by atoms with Crippen molar-refractivity contribution >= 4 is 5.91 Å². The Bertz CT molecular complexity index is 748. The summed E-state index contributed by atoms with van der Waals surface area (Å²) in [5.74, 6) is 0.317. The zero-order valence-electron chi connectivity index (χ0n) is 12.7. The molecule has 1 saturated heterocycles. The van der Waals surface area contributed by atoms with Gasteiger partial charge in [0.05, 0.1) is 0 Å². The van der Waals surface area contributed by atoms with Crippen LogP contribution in [0.5, 0.6) is 0 Å². The number of hydrogen-bond acceptors (Lipinski definition) is 5. The lowest BCUT2D eigenvalue weighted by molar-refractivity contribution is -0.136. The summed E-state index contributed by atoms with van der Waals surface area (Å²) in [6.07, 6.45) is 6.81. The average Bonchev–Trinajstić information content (AvgIpc) is 3.20. The second kappa shape index (κ2) is 5.64. The first kappa shape index (κ1) is 14.2. The van der Waals surface area contributed by atoms with Gasteiger partial charge in [-0.25, -0.2) is 9.89 Å². The van der Waals surface area contributed by atoms with Crippen molar-refractivity contribution in [3.05, 3.63) is 46.0 Å². The van der Waals surface area contributed by atoms with Gasteiger partial charge in [0.2, 0.25) is 11.8 Å². The third kappa shape index (κ3) is 2.67. The van der Waals surface area contributed by atoms with Crippen molar-refractivity contribution in [2.24, 2.45) is 5.92 Å². The second-order valence-electron chi connectivity index (χ2n) is 6.30. The minimum atomic E-state index is -0.518. The van der Waals surface area contributed by atoms with E-state index >= 15 is 0 Å². The molecule has 1 fully saturated rings. The molecule has 0 spiro atoms. The summed E-state index contributed by atoms with van der Waals surface area (Å²) in [6, 6.07) is 2.01. The zero-order chi connectivity index (χ0) is 15.8. The van der Waals surface area contributed by atoms with E-state index in [0.717, 1.165) is 25.7 Å². The van der Waals surface area contributed by atoms with Gasteiger partial charge in [-0.2, -0.15) is 0 Å². The normalized spacial score (nSPS) is 21.4. The van der Waals surface area contributed by atoms with E-state index in [1.807, 2.05) is 17.2 Å². The maximum Gasteiger partial charge on any atom is 0.434 e. The first-order valence-corrected chi connectivity index (χ1v) is 7.96. The number of fused-ring (bicyclic) bond motifs is 1. The average molecular weight is 314 g/mol. The van der Waals surface area contributed by atoms with Gasteiger partial charge >= 0.3 is 5.76 Å². The number of aromatic amines is 1. The van der Waals surface area contributed by atoms with Crippen LogP contribution in [0.4, 0.5) is 0 Å². The summed E-state index contributed by atoms with van der Waals surface area (Å²) in [4.78, 5) is 29.8. The Morgan fingerprint density at radius 1 is 1.26 bits per heavy atom. The van der Waals surface area contributed by atoms with Gasteiger partial charge in [0, 0.05) is 37.3 Å². The topological polar surface area (TPSA) is 92.1 Å². The maximum atomic E-state index is 12.7. The van der Waals surface area contributed by atoms with Crippen LogP contribution >= 0.6 is 0 Å². The van der Waals surface area contributed by atoms with Crippen molar-refractivity contribution in [3.63, 3.8) is 0 Å². The molecule has 120 valence electrons. The number of H-pyrrole nitrogens is 1. The first-order valence-electron chi connectivity index (χ1n) is 7.96. The van der Waals surface area contributed by atoms with E-state index in [1.54, 1.807) is 6.20 Å². The van der Waals surface area contributed by atoms with Gasteiger partial charge in [-0.1, -0.05) is 0 Å². The van der Waals surface area contributed by atoms with E-state index in [-0.39, 0.29) is 17.7 Å².